The molecule has 0 bridgehead atoms. The number of fused-ring (bicyclic) bond motifs is 1. The first-order chi connectivity index (χ1) is 8.75. The monoisotopic (exact) mass is 300 g/mol. The van der Waals surface area contributed by atoms with Crippen LogP contribution in [0, 0.1) is 0 Å². The number of benzene rings is 1. The first-order valence-corrected chi connectivity index (χ1v) is 6.46. The van der Waals surface area contributed by atoms with Gasteiger partial charge in [0.25, 0.3) is 0 Å². The standard InChI is InChI=1S/C10H6Cl2N4OS/c11-6-1-7(12)9-10(16-18-15-9)8(6)14-3-5-2-13-4-17-5/h1-2,4,14H,3H2. The minimum Gasteiger partial charge on any atom is -0.447 e. The number of halogens is 2. The summed E-state index contributed by atoms with van der Waals surface area (Å²) >= 11 is 13.3. The van der Waals surface area contributed by atoms with Crippen molar-refractivity contribution in [1.82, 2.24) is 13.7 Å². The predicted molar refractivity (Wildman–Crippen MR) is 71.3 cm³/mol. The van der Waals surface area contributed by atoms with Gasteiger partial charge in [0.1, 0.15) is 16.8 Å². The van der Waals surface area contributed by atoms with E-state index in [1.807, 2.05) is 0 Å². The highest BCUT2D eigenvalue weighted by molar-refractivity contribution is 7.00. The number of hydrogen-bond donors (Lipinski definition) is 1. The molecule has 0 aliphatic rings. The molecule has 0 saturated carbocycles. The lowest BCUT2D eigenvalue weighted by atomic mass is 10.2. The molecule has 18 heavy (non-hydrogen) atoms. The summed E-state index contributed by atoms with van der Waals surface area (Å²) < 4.78 is 13.5. The smallest absolute Gasteiger partial charge is 0.180 e. The van der Waals surface area contributed by atoms with Crippen molar-refractivity contribution in [3.63, 3.8) is 0 Å². The number of hydrogen-bond acceptors (Lipinski definition) is 6. The summed E-state index contributed by atoms with van der Waals surface area (Å²) in [7, 11) is 0. The van der Waals surface area contributed by atoms with E-state index in [-0.39, 0.29) is 0 Å². The van der Waals surface area contributed by atoms with Crippen LogP contribution in [-0.2, 0) is 6.54 Å². The van der Waals surface area contributed by atoms with E-state index >= 15 is 0 Å². The topological polar surface area (TPSA) is 63.8 Å². The van der Waals surface area contributed by atoms with E-state index < -0.39 is 0 Å². The molecule has 1 aromatic carbocycles. The Kier molecular flexibility index (Phi) is 3.07. The van der Waals surface area contributed by atoms with Crippen LogP contribution >= 0.6 is 34.9 Å². The molecule has 0 radical (unpaired) electrons. The van der Waals surface area contributed by atoms with Crippen LogP contribution in [0.15, 0.2) is 23.1 Å². The molecule has 3 aromatic rings. The van der Waals surface area contributed by atoms with Gasteiger partial charge in [0.2, 0.25) is 0 Å². The van der Waals surface area contributed by atoms with Gasteiger partial charge in [0.15, 0.2) is 6.39 Å². The van der Waals surface area contributed by atoms with Crippen molar-refractivity contribution in [2.75, 3.05) is 5.32 Å². The lowest BCUT2D eigenvalue weighted by Crippen LogP contribution is -2.00. The van der Waals surface area contributed by atoms with E-state index in [4.69, 9.17) is 27.6 Å². The van der Waals surface area contributed by atoms with Crippen LogP contribution in [0.2, 0.25) is 10.0 Å². The summed E-state index contributed by atoms with van der Waals surface area (Å²) in [5, 5.41) is 4.15. The highest BCUT2D eigenvalue weighted by Gasteiger charge is 2.14. The quantitative estimate of drug-likeness (QED) is 0.800. The van der Waals surface area contributed by atoms with Gasteiger partial charge in [-0.3, -0.25) is 0 Å². The van der Waals surface area contributed by atoms with Gasteiger partial charge in [-0.15, -0.1) is 0 Å². The Balaban J connectivity index is 1.98. The maximum Gasteiger partial charge on any atom is 0.180 e. The van der Waals surface area contributed by atoms with Gasteiger partial charge < -0.3 is 9.73 Å². The van der Waals surface area contributed by atoms with Gasteiger partial charge in [-0.1, -0.05) is 23.2 Å². The summed E-state index contributed by atoms with van der Waals surface area (Å²) in [5.41, 5.74) is 2.00. The average Bonchev–Trinajstić information content (AvgIpc) is 2.98. The zero-order valence-electron chi connectivity index (χ0n) is 8.85. The second-order valence-corrected chi connectivity index (χ2v) is 4.84. The van der Waals surface area contributed by atoms with Gasteiger partial charge in [0.05, 0.1) is 40.2 Å². The molecule has 0 aliphatic carbocycles. The van der Waals surface area contributed by atoms with E-state index in [1.54, 1.807) is 12.3 Å². The number of aromatic nitrogens is 3. The van der Waals surface area contributed by atoms with E-state index in [9.17, 15) is 0 Å². The number of nitrogens with one attached hydrogen (secondary N) is 1. The van der Waals surface area contributed by atoms with Gasteiger partial charge in [-0.2, -0.15) is 8.75 Å². The third kappa shape index (κ3) is 2.03. The van der Waals surface area contributed by atoms with Gasteiger partial charge in [-0.25, -0.2) is 4.98 Å². The third-order valence-corrected chi connectivity index (χ3v) is 3.48. The highest BCUT2D eigenvalue weighted by Crippen LogP contribution is 2.35. The average molecular weight is 301 g/mol. The summed E-state index contributed by atoms with van der Waals surface area (Å²) in [6, 6.07) is 1.65. The Morgan fingerprint density at radius 1 is 1.22 bits per heavy atom. The largest absolute Gasteiger partial charge is 0.447 e. The Hall–Kier alpha value is -1.37. The Morgan fingerprint density at radius 3 is 2.83 bits per heavy atom. The molecule has 2 heterocycles. The van der Waals surface area contributed by atoms with Crippen molar-refractivity contribution in [3.8, 4) is 0 Å². The van der Waals surface area contributed by atoms with Crippen LogP contribution in [-0.4, -0.2) is 13.7 Å². The Bertz CT molecular complexity index is 683. The predicted octanol–water partition coefficient (Wildman–Crippen LogP) is 3.60. The molecule has 0 spiro atoms. The van der Waals surface area contributed by atoms with Crippen LogP contribution in [0.3, 0.4) is 0 Å². The fourth-order valence-electron chi connectivity index (χ4n) is 1.55. The number of nitrogens with zero attached hydrogens (tertiary/aromatic N) is 3. The van der Waals surface area contributed by atoms with Crippen molar-refractivity contribution in [2.24, 2.45) is 0 Å². The van der Waals surface area contributed by atoms with Crippen LogP contribution in [0.5, 0.6) is 0 Å². The number of anilines is 1. The van der Waals surface area contributed by atoms with Crippen molar-refractivity contribution in [1.29, 1.82) is 0 Å². The van der Waals surface area contributed by atoms with Crippen LogP contribution in [0.1, 0.15) is 5.76 Å². The Morgan fingerprint density at radius 2 is 2.06 bits per heavy atom. The van der Waals surface area contributed by atoms with E-state index in [0.29, 0.717) is 39.1 Å². The first-order valence-electron chi connectivity index (χ1n) is 4.97. The fraction of sp³-hybridized carbons (Fsp3) is 0.100. The van der Waals surface area contributed by atoms with Crippen LogP contribution < -0.4 is 5.32 Å². The van der Waals surface area contributed by atoms with Crippen molar-refractivity contribution < 1.29 is 4.42 Å². The summed E-state index contributed by atoms with van der Waals surface area (Å²) in [6.45, 7) is 0.466. The second kappa shape index (κ2) is 4.72. The van der Waals surface area contributed by atoms with Gasteiger partial charge >= 0.3 is 0 Å². The molecular weight excluding hydrogens is 295 g/mol. The molecule has 0 amide bonds. The molecule has 5 nitrogen and oxygen atoms in total. The molecule has 0 fully saturated rings. The zero-order chi connectivity index (χ0) is 12.5. The maximum atomic E-state index is 6.15. The van der Waals surface area contributed by atoms with Crippen LogP contribution in [0.25, 0.3) is 11.0 Å². The molecule has 0 atom stereocenters. The molecule has 8 heteroatoms. The molecular formula is C10H6Cl2N4OS. The minimum atomic E-state index is 0.466. The highest BCUT2D eigenvalue weighted by atomic mass is 35.5. The van der Waals surface area contributed by atoms with E-state index in [2.05, 4.69) is 19.0 Å². The van der Waals surface area contributed by atoms with Crippen LogP contribution in [0.4, 0.5) is 5.69 Å². The summed E-state index contributed by atoms with van der Waals surface area (Å²) in [6.07, 6.45) is 3.01. The van der Waals surface area contributed by atoms with Crippen molar-refractivity contribution >= 4 is 51.7 Å². The first kappa shape index (κ1) is 11.7. The normalized spacial score (nSPS) is 11.0. The molecule has 0 saturated heterocycles. The lowest BCUT2D eigenvalue weighted by Gasteiger charge is -2.07. The molecule has 3 rings (SSSR count). The SMILES string of the molecule is Clc1cc(Cl)c2nsnc2c1NCc1cnco1. The lowest BCUT2D eigenvalue weighted by molar-refractivity contribution is 0.512. The Labute approximate surface area is 116 Å². The minimum absolute atomic E-state index is 0.466. The van der Waals surface area contributed by atoms with E-state index in [1.165, 1.54) is 6.39 Å². The van der Waals surface area contributed by atoms with Crippen molar-refractivity contribution in [3.05, 3.63) is 34.5 Å². The number of rotatable bonds is 3. The molecule has 2 aromatic heterocycles. The van der Waals surface area contributed by atoms with E-state index in [0.717, 1.165) is 11.7 Å². The summed E-state index contributed by atoms with van der Waals surface area (Å²) in [4.78, 5) is 3.84. The molecule has 1 N–H and O–H groups in total. The fourth-order valence-corrected chi connectivity index (χ4v) is 2.73. The number of oxazole rings is 1. The molecule has 0 unspecified atom stereocenters. The van der Waals surface area contributed by atoms with Gasteiger partial charge in [-0.05, 0) is 6.07 Å². The third-order valence-electron chi connectivity index (χ3n) is 2.37. The van der Waals surface area contributed by atoms with Gasteiger partial charge in [0, 0.05) is 0 Å². The molecule has 0 aliphatic heterocycles. The zero-order valence-corrected chi connectivity index (χ0v) is 11.2. The maximum absolute atomic E-state index is 6.15. The summed E-state index contributed by atoms with van der Waals surface area (Å²) in [5.74, 6) is 0.706. The van der Waals surface area contributed by atoms with Crippen molar-refractivity contribution in [2.45, 2.75) is 6.54 Å². The molecule has 92 valence electrons. The second-order valence-electron chi connectivity index (χ2n) is 3.50.